The lowest BCUT2D eigenvalue weighted by Gasteiger charge is -2.24. The van der Waals surface area contributed by atoms with Crippen molar-refractivity contribution in [3.8, 4) is 0 Å². The Morgan fingerprint density at radius 1 is 1.55 bits per heavy atom. The lowest BCUT2D eigenvalue weighted by molar-refractivity contribution is -0.145. The van der Waals surface area contributed by atoms with Crippen LogP contribution in [0, 0.1) is 0 Å². The van der Waals surface area contributed by atoms with Crippen LogP contribution in [-0.4, -0.2) is 38.1 Å². The first kappa shape index (κ1) is 9.63. The minimum absolute atomic E-state index is 0.0693. The first-order valence-electron chi connectivity index (χ1n) is 3.06. The van der Waals surface area contributed by atoms with Crippen LogP contribution in [-0.2, 0) is 4.74 Å². The van der Waals surface area contributed by atoms with E-state index < -0.39 is 22.8 Å². The average molecular weight is 198 g/mol. The number of aliphatic hydroxyl groups excluding tert-OH is 2. The third kappa shape index (κ3) is 1.82. The monoisotopic (exact) mass is 198 g/mol. The molecule has 0 aromatic heterocycles. The van der Waals surface area contributed by atoms with Gasteiger partial charge in [0.1, 0.15) is 6.10 Å². The maximum absolute atomic E-state index is 9.21. The van der Waals surface area contributed by atoms with Gasteiger partial charge < -0.3 is 20.1 Å². The third-order valence-corrected chi connectivity index (χ3v) is 2.35. The highest BCUT2D eigenvalue weighted by Crippen LogP contribution is 2.40. The molecule has 0 amide bonds. The molecule has 4 nitrogen and oxygen atoms in total. The van der Waals surface area contributed by atoms with Crippen molar-refractivity contribution in [2.75, 3.05) is 6.61 Å². The number of aliphatic hydroxyl groups is 3. The van der Waals surface area contributed by atoms with Gasteiger partial charge in [0.05, 0.1) is 6.61 Å². The Balaban J connectivity index is 2.73. The zero-order valence-corrected chi connectivity index (χ0v) is 7.42. The van der Waals surface area contributed by atoms with E-state index in [0.717, 1.165) is 0 Å². The van der Waals surface area contributed by atoms with E-state index >= 15 is 0 Å². The molecule has 11 heavy (non-hydrogen) atoms. The van der Waals surface area contributed by atoms with Crippen LogP contribution in [0.2, 0.25) is 0 Å². The van der Waals surface area contributed by atoms with Crippen molar-refractivity contribution >= 4 is 25.3 Å². The molecule has 1 saturated heterocycles. The van der Waals surface area contributed by atoms with Crippen molar-refractivity contribution in [2.24, 2.45) is 0 Å². The first-order chi connectivity index (χ1) is 4.90. The van der Waals surface area contributed by atoms with Gasteiger partial charge in [0.2, 0.25) is 5.12 Å². The van der Waals surface area contributed by atoms with Gasteiger partial charge in [-0.05, 0) is 0 Å². The zero-order valence-electron chi connectivity index (χ0n) is 5.64. The highest BCUT2D eigenvalue weighted by Gasteiger charge is 2.51. The second-order valence-electron chi connectivity index (χ2n) is 2.57. The summed E-state index contributed by atoms with van der Waals surface area (Å²) >= 11 is 7.55. The molecule has 66 valence electrons. The second-order valence-corrected chi connectivity index (χ2v) is 4.02. The number of thiol groups is 2. The molecule has 3 atom stereocenters. The minimum Gasteiger partial charge on any atom is -0.392 e. The van der Waals surface area contributed by atoms with Gasteiger partial charge in [-0.1, -0.05) is 0 Å². The molecule has 0 saturated carbocycles. The topological polar surface area (TPSA) is 69.9 Å². The molecule has 6 heteroatoms. The molecule has 1 aliphatic heterocycles. The summed E-state index contributed by atoms with van der Waals surface area (Å²) in [6, 6.07) is 0. The quantitative estimate of drug-likeness (QED) is 0.276. The molecule has 1 rings (SSSR count). The highest BCUT2D eigenvalue weighted by molar-refractivity contribution is 7.82. The van der Waals surface area contributed by atoms with Crippen LogP contribution >= 0.6 is 25.3 Å². The van der Waals surface area contributed by atoms with Gasteiger partial charge in [-0.15, -0.1) is 25.3 Å². The fourth-order valence-corrected chi connectivity index (χ4v) is 1.59. The molecular weight excluding hydrogens is 188 g/mol. The fourth-order valence-electron chi connectivity index (χ4n) is 0.942. The molecule has 0 aromatic carbocycles. The second kappa shape index (κ2) is 2.79. The molecule has 0 bridgehead atoms. The van der Waals surface area contributed by atoms with Crippen molar-refractivity contribution < 1.29 is 20.1 Å². The molecule has 3 N–H and O–H groups in total. The molecule has 1 heterocycles. The lowest BCUT2D eigenvalue weighted by atomic mass is 10.2. The molecule has 0 radical (unpaired) electrons. The number of ether oxygens (including phenoxy) is 1. The van der Waals surface area contributed by atoms with E-state index in [4.69, 9.17) is 14.9 Å². The number of hydrogen-bond acceptors (Lipinski definition) is 6. The summed E-state index contributed by atoms with van der Waals surface area (Å²) in [5.74, 6) is 0. The van der Waals surface area contributed by atoms with Gasteiger partial charge in [-0.2, -0.15) is 0 Å². The zero-order chi connectivity index (χ0) is 8.70. The van der Waals surface area contributed by atoms with Crippen LogP contribution in [0.3, 0.4) is 0 Å². The minimum atomic E-state index is -1.69. The summed E-state index contributed by atoms with van der Waals surface area (Å²) in [7, 11) is 0. The molecule has 1 aliphatic rings. The van der Waals surface area contributed by atoms with Gasteiger partial charge in [-0.25, -0.2) is 0 Å². The standard InChI is InChI=1S/C5H10O4S2/c6-2-4(10)3(7)1-5(8,11)9-4/h3,6-8,10-11H,1-2H2/t3-,4-,5-/m0/s1. The molecule has 0 spiro atoms. The number of rotatable bonds is 1. The van der Waals surface area contributed by atoms with Crippen molar-refractivity contribution in [3.63, 3.8) is 0 Å². The summed E-state index contributed by atoms with van der Waals surface area (Å²) < 4.78 is 4.78. The van der Waals surface area contributed by atoms with Crippen LogP contribution in [0.15, 0.2) is 0 Å². The van der Waals surface area contributed by atoms with E-state index in [1.807, 2.05) is 0 Å². The molecule has 0 aliphatic carbocycles. The summed E-state index contributed by atoms with van der Waals surface area (Å²) in [4.78, 5) is -1.39. The molecule has 0 unspecified atom stereocenters. The van der Waals surface area contributed by atoms with E-state index in [-0.39, 0.29) is 6.42 Å². The Kier molecular flexibility index (Phi) is 2.44. The van der Waals surface area contributed by atoms with E-state index in [1.54, 1.807) is 0 Å². The van der Waals surface area contributed by atoms with Gasteiger partial charge in [-0.3, -0.25) is 0 Å². The SMILES string of the molecule is OC[C@@]1(S)O[C@](O)(S)C[C@@H]1O. The first-order valence-corrected chi connectivity index (χ1v) is 3.95. The van der Waals surface area contributed by atoms with Crippen molar-refractivity contribution in [1.82, 2.24) is 0 Å². The van der Waals surface area contributed by atoms with Gasteiger partial charge in [0.15, 0.2) is 4.93 Å². The summed E-state index contributed by atoms with van der Waals surface area (Å²) in [6.07, 6.45) is -1.08. The Hall–Kier alpha value is 0.540. The smallest absolute Gasteiger partial charge is 0.216 e. The summed E-state index contributed by atoms with van der Waals surface area (Å²) in [5, 5.41) is 25.4. The maximum Gasteiger partial charge on any atom is 0.216 e. The van der Waals surface area contributed by atoms with E-state index in [9.17, 15) is 5.11 Å². The Bertz CT molecular complexity index is 163. The van der Waals surface area contributed by atoms with E-state index in [2.05, 4.69) is 25.3 Å². The van der Waals surface area contributed by atoms with Crippen LogP contribution in [0.4, 0.5) is 0 Å². The van der Waals surface area contributed by atoms with Crippen molar-refractivity contribution in [2.45, 2.75) is 22.6 Å². The third-order valence-electron chi connectivity index (χ3n) is 1.55. The van der Waals surface area contributed by atoms with E-state index in [1.165, 1.54) is 0 Å². The predicted octanol–water partition coefficient (Wildman–Crippen LogP) is -1.04. The van der Waals surface area contributed by atoms with Crippen LogP contribution in [0.1, 0.15) is 6.42 Å². The van der Waals surface area contributed by atoms with Crippen LogP contribution < -0.4 is 0 Å². The Morgan fingerprint density at radius 2 is 2.09 bits per heavy atom. The van der Waals surface area contributed by atoms with Gasteiger partial charge in [0, 0.05) is 6.42 Å². The van der Waals surface area contributed by atoms with Crippen molar-refractivity contribution in [3.05, 3.63) is 0 Å². The largest absolute Gasteiger partial charge is 0.392 e. The Labute approximate surface area is 75.0 Å². The lowest BCUT2D eigenvalue weighted by Crippen LogP contribution is -2.37. The summed E-state index contributed by atoms with van der Waals surface area (Å²) in [5.41, 5.74) is 0. The highest BCUT2D eigenvalue weighted by atomic mass is 32.1. The molecule has 1 fully saturated rings. The number of hydrogen-bond donors (Lipinski definition) is 5. The predicted molar refractivity (Wildman–Crippen MR) is 44.4 cm³/mol. The summed E-state index contributed by atoms with van der Waals surface area (Å²) in [6.45, 7) is -0.472. The van der Waals surface area contributed by atoms with Crippen LogP contribution in [0.25, 0.3) is 0 Å². The molecule has 0 aromatic rings. The van der Waals surface area contributed by atoms with Crippen molar-refractivity contribution in [1.29, 1.82) is 0 Å². The normalized spacial score (nSPS) is 51.5. The van der Waals surface area contributed by atoms with Gasteiger partial charge in [0.25, 0.3) is 0 Å². The maximum atomic E-state index is 9.21. The molecular formula is C5H10O4S2. The van der Waals surface area contributed by atoms with E-state index in [0.29, 0.717) is 0 Å². The van der Waals surface area contributed by atoms with Crippen LogP contribution in [0.5, 0.6) is 0 Å². The van der Waals surface area contributed by atoms with Gasteiger partial charge >= 0.3 is 0 Å². The Morgan fingerprint density at radius 3 is 2.27 bits per heavy atom. The average Bonchev–Trinajstić information content (AvgIpc) is 2.03. The fraction of sp³-hybridized carbons (Fsp3) is 1.00.